The molecule has 0 bridgehead atoms. The Hall–Kier alpha value is -1.85. The maximum atomic E-state index is 5.96. The smallest absolute Gasteiger partial charge is 0.146 e. The van der Waals surface area contributed by atoms with Gasteiger partial charge in [0.15, 0.2) is 0 Å². The van der Waals surface area contributed by atoms with Crippen LogP contribution >= 0.6 is 11.6 Å². The van der Waals surface area contributed by atoms with Crippen LogP contribution in [0.5, 0.6) is 0 Å². The van der Waals surface area contributed by atoms with Gasteiger partial charge in [-0.2, -0.15) is 0 Å². The average Bonchev–Trinajstić information content (AvgIpc) is 2.97. The van der Waals surface area contributed by atoms with Gasteiger partial charge in [-0.15, -0.1) is 10.2 Å². The largest absolute Gasteiger partial charge is 0.361 e. The Morgan fingerprint density at radius 2 is 2.26 bits per heavy atom. The van der Waals surface area contributed by atoms with Crippen molar-refractivity contribution in [1.29, 1.82) is 0 Å². The Morgan fingerprint density at radius 1 is 1.37 bits per heavy atom. The normalized spacial score (nSPS) is 11.3. The maximum Gasteiger partial charge on any atom is 0.146 e. The molecule has 6 heteroatoms. The number of aromatic amines is 1. The Bertz CT molecular complexity index is 700. The number of H-pyrrole nitrogens is 1. The van der Waals surface area contributed by atoms with E-state index in [0.717, 1.165) is 22.9 Å². The fourth-order valence-electron chi connectivity index (χ4n) is 2.08. The highest BCUT2D eigenvalue weighted by atomic mass is 35.5. The van der Waals surface area contributed by atoms with E-state index in [1.165, 1.54) is 10.9 Å². The van der Waals surface area contributed by atoms with Gasteiger partial charge in [0.2, 0.25) is 0 Å². The molecule has 0 aliphatic carbocycles. The first-order chi connectivity index (χ1) is 9.24. The highest BCUT2D eigenvalue weighted by Crippen LogP contribution is 2.21. The number of aromatic nitrogens is 4. The summed E-state index contributed by atoms with van der Waals surface area (Å²) in [5.41, 5.74) is 2.27. The van der Waals surface area contributed by atoms with Gasteiger partial charge in [-0.05, 0) is 17.7 Å². The number of halogens is 1. The van der Waals surface area contributed by atoms with Crippen molar-refractivity contribution >= 4 is 22.5 Å². The molecular formula is C13H14ClN5. The first-order valence-corrected chi connectivity index (χ1v) is 6.41. The summed E-state index contributed by atoms with van der Waals surface area (Å²) in [6.07, 6.45) is 3.70. The van der Waals surface area contributed by atoms with E-state index in [0.29, 0.717) is 6.54 Å². The molecule has 2 heterocycles. The van der Waals surface area contributed by atoms with Crippen LogP contribution in [0, 0.1) is 0 Å². The topological polar surface area (TPSA) is 58.5 Å². The van der Waals surface area contributed by atoms with Crippen LogP contribution in [0.2, 0.25) is 5.02 Å². The molecule has 0 aliphatic heterocycles. The predicted molar refractivity (Wildman–Crippen MR) is 74.9 cm³/mol. The quantitative estimate of drug-likeness (QED) is 0.768. The van der Waals surface area contributed by atoms with Crippen LogP contribution in [0.4, 0.5) is 0 Å². The lowest BCUT2D eigenvalue weighted by molar-refractivity contribution is 0.639. The molecular weight excluding hydrogens is 262 g/mol. The highest BCUT2D eigenvalue weighted by molar-refractivity contribution is 6.31. The molecule has 5 nitrogen and oxygen atoms in total. The van der Waals surface area contributed by atoms with Crippen LogP contribution in [-0.2, 0) is 20.1 Å². The molecule has 98 valence electrons. The van der Waals surface area contributed by atoms with Gasteiger partial charge in [0.25, 0.3) is 0 Å². The molecule has 0 fully saturated rings. The summed E-state index contributed by atoms with van der Waals surface area (Å²) in [7, 11) is 1.94. The van der Waals surface area contributed by atoms with Gasteiger partial charge in [0.1, 0.15) is 12.2 Å². The van der Waals surface area contributed by atoms with Crippen LogP contribution in [0.1, 0.15) is 11.4 Å². The highest BCUT2D eigenvalue weighted by Gasteiger charge is 2.05. The summed E-state index contributed by atoms with van der Waals surface area (Å²) < 4.78 is 1.90. The van der Waals surface area contributed by atoms with E-state index < -0.39 is 0 Å². The summed E-state index contributed by atoms with van der Waals surface area (Å²) in [6, 6.07) is 5.88. The number of aryl methyl sites for hydroxylation is 1. The molecule has 0 radical (unpaired) electrons. The molecule has 1 aromatic carbocycles. The molecule has 0 spiro atoms. The number of fused-ring (bicyclic) bond motifs is 1. The van der Waals surface area contributed by atoms with Crippen molar-refractivity contribution < 1.29 is 0 Å². The van der Waals surface area contributed by atoms with Crippen LogP contribution < -0.4 is 5.32 Å². The lowest BCUT2D eigenvalue weighted by Crippen LogP contribution is -2.15. The Balaban J connectivity index is 1.70. The van der Waals surface area contributed by atoms with Crippen molar-refractivity contribution in [2.75, 3.05) is 0 Å². The van der Waals surface area contributed by atoms with Gasteiger partial charge < -0.3 is 14.9 Å². The van der Waals surface area contributed by atoms with E-state index in [2.05, 4.69) is 20.5 Å². The zero-order chi connectivity index (χ0) is 13.2. The minimum absolute atomic E-state index is 0.691. The fraction of sp³-hybridized carbons (Fsp3) is 0.231. The third kappa shape index (κ3) is 2.47. The van der Waals surface area contributed by atoms with Gasteiger partial charge in [0, 0.05) is 35.7 Å². The molecule has 3 aromatic rings. The number of hydrogen-bond acceptors (Lipinski definition) is 3. The molecule has 3 rings (SSSR count). The fourth-order valence-corrected chi connectivity index (χ4v) is 2.25. The van der Waals surface area contributed by atoms with Crippen molar-refractivity contribution in [2.45, 2.75) is 13.1 Å². The summed E-state index contributed by atoms with van der Waals surface area (Å²) >= 11 is 5.96. The van der Waals surface area contributed by atoms with Crippen LogP contribution in [0.3, 0.4) is 0 Å². The SMILES string of the molecule is Cn1cnnc1CNCc1c[nH]c2cc(Cl)ccc12. The second kappa shape index (κ2) is 5.03. The van der Waals surface area contributed by atoms with Gasteiger partial charge in [-0.1, -0.05) is 17.7 Å². The number of rotatable bonds is 4. The lowest BCUT2D eigenvalue weighted by atomic mass is 10.2. The van der Waals surface area contributed by atoms with E-state index in [-0.39, 0.29) is 0 Å². The van der Waals surface area contributed by atoms with E-state index >= 15 is 0 Å². The Morgan fingerprint density at radius 3 is 3.05 bits per heavy atom. The van der Waals surface area contributed by atoms with Gasteiger partial charge in [-0.25, -0.2) is 0 Å². The summed E-state index contributed by atoms with van der Waals surface area (Å²) in [5.74, 6) is 0.919. The molecule has 2 N–H and O–H groups in total. The van der Waals surface area contributed by atoms with Crippen molar-refractivity contribution in [3.05, 3.63) is 47.1 Å². The third-order valence-corrected chi connectivity index (χ3v) is 3.37. The van der Waals surface area contributed by atoms with Gasteiger partial charge in [-0.3, -0.25) is 0 Å². The van der Waals surface area contributed by atoms with Crippen molar-refractivity contribution in [2.24, 2.45) is 7.05 Å². The second-order valence-corrected chi connectivity index (χ2v) is 4.90. The lowest BCUT2D eigenvalue weighted by Gasteiger charge is -2.03. The number of hydrogen-bond donors (Lipinski definition) is 2. The summed E-state index contributed by atoms with van der Waals surface area (Å²) in [4.78, 5) is 3.23. The van der Waals surface area contributed by atoms with E-state index in [1.54, 1.807) is 6.33 Å². The first kappa shape index (κ1) is 12.2. The van der Waals surface area contributed by atoms with Crippen LogP contribution in [-0.4, -0.2) is 19.7 Å². The monoisotopic (exact) mass is 275 g/mol. The molecule has 0 unspecified atom stereocenters. The minimum Gasteiger partial charge on any atom is -0.361 e. The number of benzene rings is 1. The first-order valence-electron chi connectivity index (χ1n) is 6.03. The second-order valence-electron chi connectivity index (χ2n) is 4.47. The Labute approximate surface area is 115 Å². The molecule has 2 aromatic heterocycles. The molecule has 19 heavy (non-hydrogen) atoms. The molecule has 0 amide bonds. The van der Waals surface area contributed by atoms with E-state index in [9.17, 15) is 0 Å². The molecule has 0 saturated heterocycles. The predicted octanol–water partition coefficient (Wildman–Crippen LogP) is 2.24. The number of nitrogens with one attached hydrogen (secondary N) is 2. The van der Waals surface area contributed by atoms with Crippen molar-refractivity contribution in [1.82, 2.24) is 25.1 Å². The van der Waals surface area contributed by atoms with Crippen molar-refractivity contribution in [3.8, 4) is 0 Å². The van der Waals surface area contributed by atoms with E-state index in [4.69, 9.17) is 11.6 Å². The molecule has 0 aliphatic rings. The van der Waals surface area contributed by atoms with Crippen LogP contribution in [0.25, 0.3) is 10.9 Å². The summed E-state index contributed by atoms with van der Waals surface area (Å²) in [5, 5.41) is 13.2. The molecule has 0 atom stereocenters. The zero-order valence-electron chi connectivity index (χ0n) is 10.5. The minimum atomic E-state index is 0.691. The van der Waals surface area contributed by atoms with Gasteiger partial charge in [0.05, 0.1) is 6.54 Å². The molecule has 0 saturated carbocycles. The Kier molecular flexibility index (Phi) is 3.23. The van der Waals surface area contributed by atoms with E-state index in [1.807, 2.05) is 36.0 Å². The third-order valence-electron chi connectivity index (χ3n) is 3.13. The standard InChI is InChI=1S/C13H14ClN5/c1-19-8-17-18-13(19)7-15-5-9-6-16-12-4-10(14)2-3-11(9)12/h2-4,6,8,15-16H,5,7H2,1H3. The number of nitrogens with zero attached hydrogens (tertiary/aromatic N) is 3. The van der Waals surface area contributed by atoms with Crippen molar-refractivity contribution in [3.63, 3.8) is 0 Å². The summed E-state index contributed by atoms with van der Waals surface area (Å²) in [6.45, 7) is 1.46. The maximum absolute atomic E-state index is 5.96. The van der Waals surface area contributed by atoms with Crippen LogP contribution in [0.15, 0.2) is 30.7 Å². The zero-order valence-corrected chi connectivity index (χ0v) is 11.3. The average molecular weight is 276 g/mol. The van der Waals surface area contributed by atoms with Gasteiger partial charge >= 0.3 is 0 Å².